The molecule has 0 bridgehead atoms. The molecule has 3 rings (SSSR count). The number of nitrogens with zero attached hydrogens (tertiary/aromatic N) is 1. The van der Waals surface area contributed by atoms with Crippen molar-refractivity contribution in [3.63, 3.8) is 0 Å². The molecule has 2 aromatic rings. The Morgan fingerprint density at radius 3 is 2.33 bits per heavy atom. The van der Waals surface area contributed by atoms with Crippen molar-refractivity contribution in [1.82, 2.24) is 10.2 Å². The molecule has 1 N–H and O–H groups in total. The summed E-state index contributed by atoms with van der Waals surface area (Å²) in [7, 11) is 0. The molecule has 0 spiro atoms. The van der Waals surface area contributed by atoms with Crippen LogP contribution in [0.1, 0.15) is 53.6 Å². The molecule has 144 valence electrons. The first kappa shape index (κ1) is 19.6. The smallest absolute Gasteiger partial charge is 0.223 e. The first-order valence-corrected chi connectivity index (χ1v) is 10.1. The van der Waals surface area contributed by atoms with Crippen molar-refractivity contribution < 1.29 is 4.79 Å². The van der Waals surface area contributed by atoms with Crippen LogP contribution in [0.3, 0.4) is 0 Å². The lowest BCUT2D eigenvalue weighted by Crippen LogP contribution is -2.40. The second-order valence-corrected chi connectivity index (χ2v) is 8.11. The monoisotopic (exact) mass is 364 g/mol. The predicted molar refractivity (Wildman–Crippen MR) is 112 cm³/mol. The van der Waals surface area contributed by atoms with Gasteiger partial charge in [-0.05, 0) is 75.9 Å². The Morgan fingerprint density at radius 1 is 1.04 bits per heavy atom. The quantitative estimate of drug-likeness (QED) is 0.834. The van der Waals surface area contributed by atoms with Gasteiger partial charge in [-0.2, -0.15) is 0 Å². The van der Waals surface area contributed by atoms with E-state index in [1.54, 1.807) is 0 Å². The lowest BCUT2D eigenvalue weighted by Gasteiger charge is -2.32. The van der Waals surface area contributed by atoms with E-state index in [4.69, 9.17) is 0 Å². The molecule has 0 aromatic heterocycles. The Balaban J connectivity index is 1.49. The normalized spacial score (nSPS) is 16.9. The summed E-state index contributed by atoms with van der Waals surface area (Å²) in [5.74, 6) is 0.337. The molecule has 1 atom stereocenters. The fraction of sp³-hybridized carbons (Fsp3) is 0.458. The van der Waals surface area contributed by atoms with Crippen molar-refractivity contribution in [2.24, 2.45) is 5.92 Å². The van der Waals surface area contributed by atoms with E-state index in [0.717, 1.165) is 32.5 Å². The van der Waals surface area contributed by atoms with Crippen molar-refractivity contribution in [2.75, 3.05) is 13.1 Å². The Morgan fingerprint density at radius 2 is 1.70 bits per heavy atom. The standard InChI is InChI=1S/C24H32N2O/c1-17-5-8-21(9-6-17)16-26-13-11-22(12-14-26)24(27)25-20(4)23-10-7-18(2)19(3)15-23/h5-10,15,20,22H,11-14,16H2,1-4H3,(H,25,27). The summed E-state index contributed by atoms with van der Waals surface area (Å²) in [5, 5.41) is 3.23. The zero-order valence-electron chi connectivity index (χ0n) is 17.1. The molecule has 2 aromatic carbocycles. The summed E-state index contributed by atoms with van der Waals surface area (Å²) >= 11 is 0. The van der Waals surface area contributed by atoms with Crippen LogP contribution in [0, 0.1) is 26.7 Å². The SMILES string of the molecule is Cc1ccc(CN2CCC(C(=O)NC(C)c3ccc(C)c(C)c3)CC2)cc1. The third-order valence-electron chi connectivity index (χ3n) is 5.87. The van der Waals surface area contributed by atoms with Crippen LogP contribution in [-0.2, 0) is 11.3 Å². The number of likely N-dealkylation sites (tertiary alicyclic amines) is 1. The first-order chi connectivity index (χ1) is 12.9. The van der Waals surface area contributed by atoms with Crippen LogP contribution >= 0.6 is 0 Å². The zero-order chi connectivity index (χ0) is 19.4. The molecule has 1 aliphatic heterocycles. The third-order valence-corrected chi connectivity index (χ3v) is 5.87. The molecule has 3 nitrogen and oxygen atoms in total. The van der Waals surface area contributed by atoms with Crippen molar-refractivity contribution in [3.8, 4) is 0 Å². The van der Waals surface area contributed by atoms with Crippen molar-refractivity contribution in [3.05, 3.63) is 70.3 Å². The number of hydrogen-bond donors (Lipinski definition) is 1. The molecular formula is C24H32N2O. The number of rotatable bonds is 5. The highest BCUT2D eigenvalue weighted by molar-refractivity contribution is 5.79. The number of aryl methyl sites for hydroxylation is 3. The third kappa shape index (κ3) is 5.20. The molecule has 1 heterocycles. The summed E-state index contributed by atoms with van der Waals surface area (Å²) in [6.07, 6.45) is 1.88. The highest BCUT2D eigenvalue weighted by Crippen LogP contribution is 2.22. The number of carbonyl (C=O) groups is 1. The van der Waals surface area contributed by atoms with E-state index < -0.39 is 0 Å². The average molecular weight is 365 g/mol. The molecule has 1 aliphatic rings. The molecule has 0 saturated carbocycles. The molecule has 27 heavy (non-hydrogen) atoms. The molecule has 1 fully saturated rings. The summed E-state index contributed by atoms with van der Waals surface area (Å²) < 4.78 is 0. The van der Waals surface area contributed by atoms with Crippen molar-refractivity contribution in [2.45, 2.75) is 53.1 Å². The highest BCUT2D eigenvalue weighted by atomic mass is 16.1. The van der Waals surface area contributed by atoms with Gasteiger partial charge < -0.3 is 5.32 Å². The van der Waals surface area contributed by atoms with Crippen LogP contribution in [0.25, 0.3) is 0 Å². The molecule has 1 unspecified atom stereocenters. The summed E-state index contributed by atoms with van der Waals surface area (Å²) in [5.41, 5.74) is 6.40. The topological polar surface area (TPSA) is 32.3 Å². The van der Waals surface area contributed by atoms with Gasteiger partial charge in [-0.15, -0.1) is 0 Å². The Kier molecular flexibility index (Phi) is 6.33. The van der Waals surface area contributed by atoms with Gasteiger partial charge in [-0.25, -0.2) is 0 Å². The summed E-state index contributed by atoms with van der Waals surface area (Å²) in [4.78, 5) is 15.2. The van der Waals surface area contributed by atoms with Crippen LogP contribution in [0.15, 0.2) is 42.5 Å². The van der Waals surface area contributed by atoms with Gasteiger partial charge >= 0.3 is 0 Å². The minimum Gasteiger partial charge on any atom is -0.349 e. The minimum atomic E-state index is 0.0578. The maximum atomic E-state index is 12.7. The molecule has 3 heteroatoms. The first-order valence-electron chi connectivity index (χ1n) is 10.1. The minimum absolute atomic E-state index is 0.0578. The van der Waals surface area contributed by atoms with Crippen LogP contribution < -0.4 is 5.32 Å². The van der Waals surface area contributed by atoms with Crippen LogP contribution in [0.4, 0.5) is 0 Å². The number of nitrogens with one attached hydrogen (secondary N) is 1. The van der Waals surface area contributed by atoms with Crippen LogP contribution in [0.2, 0.25) is 0 Å². The number of hydrogen-bond acceptors (Lipinski definition) is 2. The number of piperidine rings is 1. The molecule has 0 aliphatic carbocycles. The van der Waals surface area contributed by atoms with E-state index in [2.05, 4.69) is 80.4 Å². The van der Waals surface area contributed by atoms with Crippen LogP contribution in [0.5, 0.6) is 0 Å². The van der Waals surface area contributed by atoms with E-state index in [-0.39, 0.29) is 17.9 Å². The average Bonchev–Trinajstić information content (AvgIpc) is 2.66. The summed E-state index contributed by atoms with van der Waals surface area (Å²) in [6.45, 7) is 11.4. The largest absolute Gasteiger partial charge is 0.349 e. The Bertz CT molecular complexity index is 773. The van der Waals surface area contributed by atoms with Gasteiger partial charge in [0.05, 0.1) is 6.04 Å². The summed E-state index contributed by atoms with van der Waals surface area (Å²) in [6, 6.07) is 15.3. The molecule has 0 radical (unpaired) electrons. The van der Waals surface area contributed by atoms with E-state index in [1.165, 1.54) is 27.8 Å². The molecule has 1 amide bonds. The fourth-order valence-electron chi connectivity index (χ4n) is 3.75. The predicted octanol–water partition coefficient (Wildman–Crippen LogP) is 4.70. The highest BCUT2D eigenvalue weighted by Gasteiger charge is 2.26. The van der Waals surface area contributed by atoms with Gasteiger partial charge in [-0.1, -0.05) is 48.0 Å². The van der Waals surface area contributed by atoms with Gasteiger partial charge in [0, 0.05) is 12.5 Å². The zero-order valence-corrected chi connectivity index (χ0v) is 17.1. The van der Waals surface area contributed by atoms with Gasteiger partial charge in [-0.3, -0.25) is 9.69 Å². The Hall–Kier alpha value is -2.13. The fourth-order valence-corrected chi connectivity index (χ4v) is 3.75. The Labute approximate surface area is 163 Å². The second kappa shape index (κ2) is 8.71. The van der Waals surface area contributed by atoms with Crippen molar-refractivity contribution >= 4 is 5.91 Å². The van der Waals surface area contributed by atoms with E-state index in [1.807, 2.05) is 0 Å². The van der Waals surface area contributed by atoms with Crippen LogP contribution in [-0.4, -0.2) is 23.9 Å². The van der Waals surface area contributed by atoms with Gasteiger partial charge in [0.1, 0.15) is 0 Å². The molecule has 1 saturated heterocycles. The maximum Gasteiger partial charge on any atom is 0.223 e. The second-order valence-electron chi connectivity index (χ2n) is 8.11. The number of carbonyl (C=O) groups excluding carboxylic acids is 1. The number of amides is 1. The molecular weight excluding hydrogens is 332 g/mol. The lowest BCUT2D eigenvalue weighted by molar-refractivity contribution is -0.127. The lowest BCUT2D eigenvalue weighted by atomic mass is 9.94. The van der Waals surface area contributed by atoms with Gasteiger partial charge in [0.15, 0.2) is 0 Å². The van der Waals surface area contributed by atoms with Gasteiger partial charge in [0.2, 0.25) is 5.91 Å². The van der Waals surface area contributed by atoms with E-state index in [0.29, 0.717) is 0 Å². The van der Waals surface area contributed by atoms with E-state index >= 15 is 0 Å². The number of benzene rings is 2. The van der Waals surface area contributed by atoms with Gasteiger partial charge in [0.25, 0.3) is 0 Å². The maximum absolute atomic E-state index is 12.7. The van der Waals surface area contributed by atoms with Crippen molar-refractivity contribution in [1.29, 1.82) is 0 Å². The van der Waals surface area contributed by atoms with E-state index in [9.17, 15) is 4.79 Å².